The average Bonchev–Trinajstić information content (AvgIpc) is 2.82. The molecule has 2 aromatic rings. The number of benzene rings is 1. The lowest BCUT2D eigenvalue weighted by molar-refractivity contribution is 0.619. The van der Waals surface area contributed by atoms with Crippen LogP contribution in [0.1, 0.15) is 36.2 Å². The van der Waals surface area contributed by atoms with Gasteiger partial charge in [-0.15, -0.1) is 11.3 Å². The minimum atomic E-state index is -0.152. The molecule has 0 aliphatic heterocycles. The van der Waals surface area contributed by atoms with E-state index in [-0.39, 0.29) is 11.9 Å². The summed E-state index contributed by atoms with van der Waals surface area (Å²) in [6.45, 7) is 3.95. The molecule has 0 spiro atoms. The second-order valence-electron chi connectivity index (χ2n) is 4.51. The Hall–Kier alpha value is -1.19. The summed E-state index contributed by atoms with van der Waals surface area (Å²) in [5.74, 6) is -0.152. The molecule has 18 heavy (non-hydrogen) atoms. The van der Waals surface area contributed by atoms with Gasteiger partial charge in [-0.1, -0.05) is 25.5 Å². The standard InChI is InChI=1S/C15H18FNS/c1-3-5-13(17)15-9-8-14(18-15)11-6-4-7-12(16)10(11)2/h4,6-9,13H,3,5,17H2,1-2H3. The van der Waals surface area contributed by atoms with E-state index in [2.05, 4.69) is 13.0 Å². The quantitative estimate of drug-likeness (QED) is 0.852. The summed E-state index contributed by atoms with van der Waals surface area (Å²) in [5, 5.41) is 0. The van der Waals surface area contributed by atoms with Crippen molar-refractivity contribution in [2.75, 3.05) is 0 Å². The number of thiophene rings is 1. The molecule has 0 saturated heterocycles. The molecule has 0 saturated carbocycles. The van der Waals surface area contributed by atoms with E-state index >= 15 is 0 Å². The van der Waals surface area contributed by atoms with E-state index in [1.54, 1.807) is 17.4 Å². The van der Waals surface area contributed by atoms with Crippen molar-refractivity contribution in [2.24, 2.45) is 5.73 Å². The molecule has 96 valence electrons. The Morgan fingerprint density at radius 1 is 1.28 bits per heavy atom. The van der Waals surface area contributed by atoms with Crippen molar-refractivity contribution in [1.82, 2.24) is 0 Å². The first kappa shape index (κ1) is 13.2. The average molecular weight is 263 g/mol. The van der Waals surface area contributed by atoms with Crippen LogP contribution in [-0.4, -0.2) is 0 Å². The van der Waals surface area contributed by atoms with E-state index in [9.17, 15) is 4.39 Å². The van der Waals surface area contributed by atoms with E-state index in [1.807, 2.05) is 19.1 Å². The lowest BCUT2D eigenvalue weighted by atomic mass is 10.1. The molecule has 1 heterocycles. The fraction of sp³-hybridized carbons (Fsp3) is 0.333. The van der Waals surface area contributed by atoms with Gasteiger partial charge in [-0.05, 0) is 42.7 Å². The zero-order valence-corrected chi connectivity index (χ0v) is 11.6. The van der Waals surface area contributed by atoms with Crippen LogP contribution in [0.2, 0.25) is 0 Å². The Balaban J connectivity index is 2.32. The van der Waals surface area contributed by atoms with Crippen LogP contribution in [-0.2, 0) is 0 Å². The van der Waals surface area contributed by atoms with E-state index in [1.165, 1.54) is 10.9 Å². The van der Waals surface area contributed by atoms with Gasteiger partial charge in [0.1, 0.15) is 5.82 Å². The molecule has 1 atom stereocenters. The van der Waals surface area contributed by atoms with Crippen LogP contribution in [0.25, 0.3) is 10.4 Å². The van der Waals surface area contributed by atoms with Gasteiger partial charge in [0.15, 0.2) is 0 Å². The molecule has 0 amide bonds. The molecule has 1 aromatic heterocycles. The summed E-state index contributed by atoms with van der Waals surface area (Å²) >= 11 is 1.67. The van der Waals surface area contributed by atoms with Crippen molar-refractivity contribution in [1.29, 1.82) is 0 Å². The number of hydrogen-bond acceptors (Lipinski definition) is 2. The summed E-state index contributed by atoms with van der Waals surface area (Å²) < 4.78 is 13.5. The summed E-state index contributed by atoms with van der Waals surface area (Å²) in [7, 11) is 0. The highest BCUT2D eigenvalue weighted by atomic mass is 32.1. The van der Waals surface area contributed by atoms with Crippen molar-refractivity contribution < 1.29 is 4.39 Å². The molecule has 2 rings (SSSR count). The highest BCUT2D eigenvalue weighted by Crippen LogP contribution is 2.34. The highest BCUT2D eigenvalue weighted by molar-refractivity contribution is 7.15. The van der Waals surface area contributed by atoms with Gasteiger partial charge in [0, 0.05) is 15.8 Å². The predicted molar refractivity (Wildman–Crippen MR) is 76.3 cm³/mol. The number of nitrogens with two attached hydrogens (primary N) is 1. The molecular weight excluding hydrogens is 245 g/mol. The summed E-state index contributed by atoms with van der Waals surface area (Å²) in [6.07, 6.45) is 2.06. The maximum atomic E-state index is 13.5. The molecule has 0 radical (unpaired) electrons. The SMILES string of the molecule is CCCC(N)c1ccc(-c2cccc(F)c2C)s1. The summed E-state index contributed by atoms with van der Waals surface area (Å²) in [5.41, 5.74) is 7.77. The minimum absolute atomic E-state index is 0.0996. The summed E-state index contributed by atoms with van der Waals surface area (Å²) in [6, 6.07) is 9.41. The van der Waals surface area contributed by atoms with E-state index < -0.39 is 0 Å². The molecular formula is C15H18FNS. The Morgan fingerprint density at radius 2 is 2.06 bits per heavy atom. The van der Waals surface area contributed by atoms with E-state index in [0.29, 0.717) is 5.56 Å². The van der Waals surface area contributed by atoms with Crippen molar-refractivity contribution in [3.05, 3.63) is 46.6 Å². The lowest BCUT2D eigenvalue weighted by Gasteiger charge is -2.07. The Kier molecular flexibility index (Phi) is 4.15. The van der Waals surface area contributed by atoms with Gasteiger partial charge in [0.05, 0.1) is 0 Å². The fourth-order valence-electron chi connectivity index (χ4n) is 2.02. The predicted octanol–water partition coefficient (Wildman–Crippen LogP) is 4.66. The van der Waals surface area contributed by atoms with Crippen molar-refractivity contribution in [2.45, 2.75) is 32.7 Å². The van der Waals surface area contributed by atoms with Gasteiger partial charge in [0.2, 0.25) is 0 Å². The lowest BCUT2D eigenvalue weighted by Crippen LogP contribution is -2.07. The van der Waals surface area contributed by atoms with E-state index in [0.717, 1.165) is 23.3 Å². The van der Waals surface area contributed by atoms with Crippen LogP contribution in [0.15, 0.2) is 30.3 Å². The zero-order chi connectivity index (χ0) is 13.1. The largest absolute Gasteiger partial charge is 0.323 e. The fourth-order valence-corrected chi connectivity index (χ4v) is 3.15. The van der Waals surface area contributed by atoms with Gasteiger partial charge in [-0.25, -0.2) is 4.39 Å². The number of rotatable bonds is 4. The third-order valence-corrected chi connectivity index (χ3v) is 4.38. The minimum Gasteiger partial charge on any atom is -0.323 e. The first-order valence-corrected chi connectivity index (χ1v) is 7.06. The molecule has 0 bridgehead atoms. The van der Waals surface area contributed by atoms with Crippen LogP contribution < -0.4 is 5.73 Å². The molecule has 1 aromatic carbocycles. The second kappa shape index (κ2) is 5.63. The molecule has 0 aliphatic rings. The van der Waals surface area contributed by atoms with Gasteiger partial charge < -0.3 is 5.73 Å². The normalized spacial score (nSPS) is 12.7. The monoisotopic (exact) mass is 263 g/mol. The zero-order valence-electron chi connectivity index (χ0n) is 10.7. The van der Waals surface area contributed by atoms with Crippen molar-refractivity contribution in [3.8, 4) is 10.4 Å². The maximum Gasteiger partial charge on any atom is 0.126 e. The van der Waals surface area contributed by atoms with Gasteiger partial charge in [-0.2, -0.15) is 0 Å². The summed E-state index contributed by atoms with van der Waals surface area (Å²) in [4.78, 5) is 2.27. The Morgan fingerprint density at radius 3 is 2.78 bits per heavy atom. The first-order valence-electron chi connectivity index (χ1n) is 6.24. The van der Waals surface area contributed by atoms with Crippen molar-refractivity contribution in [3.63, 3.8) is 0 Å². The van der Waals surface area contributed by atoms with Crippen LogP contribution >= 0.6 is 11.3 Å². The van der Waals surface area contributed by atoms with Crippen LogP contribution in [0.3, 0.4) is 0 Å². The topological polar surface area (TPSA) is 26.0 Å². The maximum absolute atomic E-state index is 13.5. The van der Waals surface area contributed by atoms with E-state index in [4.69, 9.17) is 5.73 Å². The number of halogens is 1. The molecule has 1 nitrogen and oxygen atoms in total. The molecule has 0 fully saturated rings. The molecule has 3 heteroatoms. The highest BCUT2D eigenvalue weighted by Gasteiger charge is 2.11. The molecule has 2 N–H and O–H groups in total. The number of hydrogen-bond donors (Lipinski definition) is 1. The third-order valence-electron chi connectivity index (χ3n) is 3.13. The van der Waals surface area contributed by atoms with Gasteiger partial charge in [0.25, 0.3) is 0 Å². The van der Waals surface area contributed by atoms with Gasteiger partial charge >= 0.3 is 0 Å². The Bertz CT molecular complexity index is 533. The van der Waals surface area contributed by atoms with Crippen LogP contribution in [0.5, 0.6) is 0 Å². The van der Waals surface area contributed by atoms with Crippen LogP contribution in [0.4, 0.5) is 4.39 Å². The Labute approximate surface area is 111 Å². The molecule has 1 unspecified atom stereocenters. The second-order valence-corrected chi connectivity index (χ2v) is 5.62. The van der Waals surface area contributed by atoms with Crippen LogP contribution in [0, 0.1) is 12.7 Å². The smallest absolute Gasteiger partial charge is 0.126 e. The van der Waals surface area contributed by atoms with Crippen molar-refractivity contribution >= 4 is 11.3 Å². The molecule has 0 aliphatic carbocycles. The third kappa shape index (κ3) is 2.62. The first-order chi connectivity index (χ1) is 8.63. The van der Waals surface area contributed by atoms with Gasteiger partial charge in [-0.3, -0.25) is 0 Å².